The van der Waals surface area contributed by atoms with Gasteiger partial charge in [-0.3, -0.25) is 4.99 Å². The quantitative estimate of drug-likeness (QED) is 0.0895. The maximum absolute atomic E-state index is 4.49. The largest absolute Gasteiger partial charge is 0.309 e. The van der Waals surface area contributed by atoms with Crippen LogP contribution in [0.1, 0.15) is 72.9 Å². The highest BCUT2D eigenvalue weighted by Crippen LogP contribution is 2.47. The minimum atomic E-state index is 0.874. The van der Waals surface area contributed by atoms with Gasteiger partial charge in [0.05, 0.1) is 16.7 Å². The number of benzene rings is 4. The molecule has 0 N–H and O–H groups in total. The predicted molar refractivity (Wildman–Crippen MR) is 211 cm³/mol. The summed E-state index contributed by atoms with van der Waals surface area (Å²) in [7, 11) is 0. The Kier molecular flexibility index (Phi) is 8.16. The molecule has 236 valence electrons. The average molecular weight is 641 g/mol. The number of nitrogens with zero attached hydrogens (tertiary/aromatic N) is 2. The summed E-state index contributed by atoms with van der Waals surface area (Å²) in [6.07, 6.45) is 22.8. The van der Waals surface area contributed by atoms with Gasteiger partial charge >= 0.3 is 0 Å². The average Bonchev–Trinajstić information content (AvgIpc) is 3.76. The highest BCUT2D eigenvalue weighted by atomic mass is 32.1. The fraction of sp³-hybridized carbons (Fsp3) is 0.178. The van der Waals surface area contributed by atoms with Crippen LogP contribution in [0.25, 0.3) is 61.0 Å². The molecule has 3 heteroatoms. The molecular formula is C45H40N2S. The van der Waals surface area contributed by atoms with Crippen LogP contribution in [0.4, 0.5) is 0 Å². The summed E-state index contributed by atoms with van der Waals surface area (Å²) in [6.45, 7) is 8.38. The zero-order chi connectivity index (χ0) is 32.6. The lowest BCUT2D eigenvalue weighted by Crippen LogP contribution is -2.08. The number of fused-ring (bicyclic) bond motifs is 10. The Morgan fingerprint density at radius 3 is 2.42 bits per heavy atom. The van der Waals surface area contributed by atoms with Crippen molar-refractivity contribution in [1.29, 1.82) is 0 Å². The maximum atomic E-state index is 4.49. The van der Waals surface area contributed by atoms with E-state index in [9.17, 15) is 0 Å². The van der Waals surface area contributed by atoms with E-state index in [4.69, 9.17) is 0 Å². The van der Waals surface area contributed by atoms with Gasteiger partial charge in [0.2, 0.25) is 0 Å². The van der Waals surface area contributed by atoms with Crippen molar-refractivity contribution in [2.45, 2.75) is 52.4 Å². The van der Waals surface area contributed by atoms with Crippen molar-refractivity contribution in [3.63, 3.8) is 0 Å². The molecule has 2 aliphatic rings. The summed E-state index contributed by atoms with van der Waals surface area (Å²) in [4.78, 5) is 4.49. The minimum absolute atomic E-state index is 0.874. The fourth-order valence-corrected chi connectivity index (χ4v) is 8.71. The summed E-state index contributed by atoms with van der Waals surface area (Å²) in [6, 6.07) is 26.4. The number of rotatable bonds is 8. The van der Waals surface area contributed by atoms with Gasteiger partial charge in [-0.2, -0.15) is 0 Å². The van der Waals surface area contributed by atoms with Crippen molar-refractivity contribution in [2.75, 3.05) is 0 Å². The van der Waals surface area contributed by atoms with Gasteiger partial charge in [0.15, 0.2) is 0 Å². The Labute approximate surface area is 287 Å². The van der Waals surface area contributed by atoms with E-state index in [1.54, 1.807) is 11.1 Å². The van der Waals surface area contributed by atoms with Crippen LogP contribution in [0, 0.1) is 0 Å². The van der Waals surface area contributed by atoms with Crippen LogP contribution >= 0.6 is 11.3 Å². The Morgan fingerprint density at radius 1 is 0.854 bits per heavy atom. The second-order valence-corrected chi connectivity index (χ2v) is 13.9. The molecule has 0 saturated carbocycles. The Bertz CT molecular complexity index is 2370. The zero-order valence-electron chi connectivity index (χ0n) is 27.8. The summed E-state index contributed by atoms with van der Waals surface area (Å²) in [5.41, 5.74) is 15.3. The van der Waals surface area contributed by atoms with E-state index in [0.29, 0.717) is 0 Å². The lowest BCUT2D eigenvalue weighted by molar-refractivity contribution is 0.909. The van der Waals surface area contributed by atoms with Crippen LogP contribution in [0.5, 0.6) is 0 Å². The molecular weight excluding hydrogens is 601 g/mol. The standard InChI is InChI=1S/C45H40N2S/c1-4-13-30(2)22-23-34(29-40(46-3)31-14-6-5-7-15-31)33-16-12-17-35(28-33)47-41-25-24-32-26-27-48-45(32)43(41)42-38-20-10-8-18-36(38)37-19-9-11-21-39(37)44(42)47/h5-7,10-17,20-21,23-29H,3-4,8-9,18-19,22H2,1-2H3/b30-13+,34-23+,40-29-. The third kappa shape index (κ3) is 5.23. The van der Waals surface area contributed by atoms with Gasteiger partial charge in [0.1, 0.15) is 0 Å². The van der Waals surface area contributed by atoms with Gasteiger partial charge in [0.25, 0.3) is 0 Å². The van der Waals surface area contributed by atoms with Crippen molar-refractivity contribution < 1.29 is 0 Å². The van der Waals surface area contributed by atoms with Gasteiger partial charge in [0, 0.05) is 32.3 Å². The molecule has 4 aromatic carbocycles. The monoisotopic (exact) mass is 640 g/mol. The van der Waals surface area contributed by atoms with Gasteiger partial charge in [-0.05, 0) is 121 Å². The zero-order valence-corrected chi connectivity index (χ0v) is 28.6. The van der Waals surface area contributed by atoms with E-state index >= 15 is 0 Å². The Balaban J connectivity index is 1.41. The van der Waals surface area contributed by atoms with Gasteiger partial charge < -0.3 is 4.57 Å². The first-order valence-electron chi connectivity index (χ1n) is 17.2. The third-order valence-electron chi connectivity index (χ3n) is 9.95. The molecule has 48 heavy (non-hydrogen) atoms. The number of thiophene rings is 1. The van der Waals surface area contributed by atoms with E-state index in [-0.39, 0.29) is 0 Å². The molecule has 0 amide bonds. The molecule has 0 bridgehead atoms. The van der Waals surface area contributed by atoms with Crippen LogP contribution in [0.15, 0.2) is 119 Å². The highest BCUT2D eigenvalue weighted by molar-refractivity contribution is 7.18. The van der Waals surface area contributed by atoms with E-state index in [2.05, 4.69) is 145 Å². The molecule has 6 aromatic rings. The molecule has 2 heterocycles. The lowest BCUT2D eigenvalue weighted by Gasteiger charge is -2.23. The number of hydrogen-bond donors (Lipinski definition) is 0. The second kappa shape index (κ2) is 12.9. The topological polar surface area (TPSA) is 17.3 Å². The molecule has 0 radical (unpaired) electrons. The van der Waals surface area contributed by atoms with Gasteiger partial charge in [-0.1, -0.05) is 97.5 Å². The molecule has 0 saturated heterocycles. The van der Waals surface area contributed by atoms with Crippen molar-refractivity contribution >= 4 is 73.4 Å². The van der Waals surface area contributed by atoms with E-state index in [1.165, 1.54) is 59.8 Å². The maximum Gasteiger partial charge on any atom is 0.0700 e. The Morgan fingerprint density at radius 2 is 1.62 bits per heavy atom. The normalized spacial score (nSPS) is 15.0. The molecule has 8 rings (SSSR count). The van der Waals surface area contributed by atoms with Crippen LogP contribution in [0.2, 0.25) is 0 Å². The summed E-state index contributed by atoms with van der Waals surface area (Å²) in [5.74, 6) is 0. The first kappa shape index (κ1) is 30.4. The summed E-state index contributed by atoms with van der Waals surface area (Å²) >= 11 is 1.86. The number of aromatic nitrogens is 1. The van der Waals surface area contributed by atoms with Crippen LogP contribution in [0.3, 0.4) is 0 Å². The molecule has 0 aliphatic heterocycles. The SMILES string of the molecule is C=N/C(=C\C(=C/C/C(C)=C/CC)c1cccc(-n2c3ccc4ccsc4c3c3c4c(c5c(c32)C=CCC5)CCC=C4)c1)c1ccccc1. The molecule has 0 spiro atoms. The number of hydrogen-bond acceptors (Lipinski definition) is 2. The molecule has 2 nitrogen and oxygen atoms in total. The molecule has 2 aliphatic carbocycles. The summed E-state index contributed by atoms with van der Waals surface area (Å²) < 4.78 is 3.93. The molecule has 2 aromatic heterocycles. The van der Waals surface area contributed by atoms with E-state index in [0.717, 1.165) is 55.4 Å². The van der Waals surface area contributed by atoms with Gasteiger partial charge in [-0.25, -0.2) is 0 Å². The van der Waals surface area contributed by atoms with Crippen LogP contribution < -0.4 is 0 Å². The molecule has 0 fully saturated rings. The molecule has 0 unspecified atom stereocenters. The van der Waals surface area contributed by atoms with Crippen molar-refractivity contribution in [1.82, 2.24) is 4.57 Å². The first-order chi connectivity index (χ1) is 23.7. The number of aliphatic imine (C=N–C) groups is 1. The lowest BCUT2D eigenvalue weighted by atomic mass is 9.82. The Hall–Kier alpha value is -4.99. The fourth-order valence-electron chi connectivity index (χ4n) is 7.76. The molecule has 0 atom stereocenters. The van der Waals surface area contributed by atoms with Crippen molar-refractivity contribution in [2.24, 2.45) is 4.99 Å². The van der Waals surface area contributed by atoms with Crippen LogP contribution in [-0.4, -0.2) is 11.3 Å². The van der Waals surface area contributed by atoms with E-state index < -0.39 is 0 Å². The van der Waals surface area contributed by atoms with Crippen molar-refractivity contribution in [3.8, 4) is 5.69 Å². The number of allylic oxidation sites excluding steroid dienone is 7. The minimum Gasteiger partial charge on any atom is -0.309 e. The summed E-state index contributed by atoms with van der Waals surface area (Å²) in [5, 5.41) is 6.34. The van der Waals surface area contributed by atoms with Gasteiger partial charge in [-0.15, -0.1) is 11.3 Å². The first-order valence-corrected chi connectivity index (χ1v) is 18.1. The predicted octanol–water partition coefficient (Wildman–Crippen LogP) is 12.8. The third-order valence-corrected chi connectivity index (χ3v) is 10.9. The second-order valence-electron chi connectivity index (χ2n) is 13.0. The highest BCUT2D eigenvalue weighted by Gasteiger charge is 2.26. The van der Waals surface area contributed by atoms with Crippen molar-refractivity contribution in [3.05, 3.63) is 148 Å². The van der Waals surface area contributed by atoms with E-state index in [1.807, 2.05) is 17.4 Å². The smallest absolute Gasteiger partial charge is 0.0700 e. The van der Waals surface area contributed by atoms with Crippen LogP contribution in [-0.2, 0) is 12.8 Å².